The van der Waals surface area contributed by atoms with Gasteiger partial charge in [0.2, 0.25) is 5.91 Å². The third kappa shape index (κ3) is 5.36. The second-order valence-electron chi connectivity index (χ2n) is 7.69. The maximum atomic E-state index is 12.6. The second kappa shape index (κ2) is 9.70. The van der Waals surface area contributed by atoms with E-state index in [0.717, 1.165) is 22.0 Å². The van der Waals surface area contributed by atoms with Gasteiger partial charge in [0.25, 0.3) is 5.91 Å². The lowest BCUT2D eigenvalue weighted by molar-refractivity contribution is -0.118. The molecule has 0 saturated heterocycles. The summed E-state index contributed by atoms with van der Waals surface area (Å²) in [6.07, 6.45) is 4.01. The van der Waals surface area contributed by atoms with Crippen molar-refractivity contribution in [3.8, 4) is 0 Å². The molecule has 0 aliphatic heterocycles. The van der Waals surface area contributed by atoms with Gasteiger partial charge in [-0.2, -0.15) is 0 Å². The first kappa shape index (κ1) is 21.6. The molecule has 0 aliphatic carbocycles. The van der Waals surface area contributed by atoms with Crippen molar-refractivity contribution in [3.63, 3.8) is 0 Å². The smallest absolute Gasteiger partial charge is 0.255 e. The van der Waals surface area contributed by atoms with Crippen molar-refractivity contribution in [3.05, 3.63) is 90.4 Å². The van der Waals surface area contributed by atoms with Crippen molar-refractivity contribution in [2.24, 2.45) is 5.92 Å². The summed E-state index contributed by atoms with van der Waals surface area (Å²) in [6, 6.07) is 20.6. The molecule has 0 saturated carbocycles. The topological polar surface area (TPSA) is 75.5 Å². The number of fused-ring (bicyclic) bond motifs is 1. The highest BCUT2D eigenvalue weighted by Crippen LogP contribution is 2.24. The average molecular weight is 445 g/mol. The van der Waals surface area contributed by atoms with Crippen molar-refractivity contribution in [2.45, 2.75) is 24.5 Å². The maximum Gasteiger partial charge on any atom is 0.255 e. The molecular weight excluding hydrogens is 420 g/mol. The monoisotopic (exact) mass is 444 g/mol. The number of aromatic nitrogens is 2. The van der Waals surface area contributed by atoms with Gasteiger partial charge >= 0.3 is 0 Å². The Kier molecular flexibility index (Phi) is 6.56. The molecule has 32 heavy (non-hydrogen) atoms. The molecule has 0 unspecified atom stereocenters. The molecule has 2 N–H and O–H groups in total. The molecule has 0 atom stereocenters. The van der Waals surface area contributed by atoms with Crippen molar-refractivity contribution >= 4 is 40.6 Å². The number of nitrogens with one attached hydrogen (secondary N) is 2. The van der Waals surface area contributed by atoms with Gasteiger partial charge in [0, 0.05) is 45.9 Å². The van der Waals surface area contributed by atoms with E-state index in [1.165, 1.54) is 0 Å². The summed E-state index contributed by atoms with van der Waals surface area (Å²) in [6.45, 7) is 3.67. The summed E-state index contributed by atoms with van der Waals surface area (Å²) in [7, 11) is 0. The predicted molar refractivity (Wildman–Crippen MR) is 129 cm³/mol. The normalized spacial score (nSPS) is 11.0. The Hall–Kier alpha value is -3.58. The molecule has 2 aromatic heterocycles. The van der Waals surface area contributed by atoms with Crippen LogP contribution in [0.15, 0.2) is 84.0 Å². The van der Waals surface area contributed by atoms with E-state index >= 15 is 0 Å². The number of amides is 2. The van der Waals surface area contributed by atoms with Gasteiger partial charge in [-0.05, 0) is 54.6 Å². The molecule has 162 valence electrons. The number of hydrogen-bond acceptors (Lipinski definition) is 4. The molecule has 0 bridgehead atoms. The molecule has 0 aliphatic rings. The van der Waals surface area contributed by atoms with Crippen LogP contribution in [0.25, 0.3) is 5.65 Å². The largest absolute Gasteiger partial charge is 0.326 e. The molecular formula is C25H24N4O2S. The first-order valence-electron chi connectivity index (χ1n) is 10.4. The molecule has 0 spiro atoms. The highest BCUT2D eigenvalue weighted by Gasteiger charge is 2.10. The second-order valence-corrected chi connectivity index (χ2v) is 8.74. The van der Waals surface area contributed by atoms with E-state index in [2.05, 4.69) is 15.6 Å². The van der Waals surface area contributed by atoms with E-state index in [1.54, 1.807) is 36.0 Å². The van der Waals surface area contributed by atoms with Gasteiger partial charge in [0.1, 0.15) is 5.65 Å². The Bertz CT molecular complexity index is 1220. The fourth-order valence-corrected chi connectivity index (χ4v) is 3.86. The molecule has 2 aromatic carbocycles. The SMILES string of the molecule is CC(C)C(=O)Nc1cccc(NC(=O)c2ccc(SCc3cn4ccccc4n3)cc2)c1. The molecule has 7 heteroatoms. The zero-order valence-corrected chi connectivity index (χ0v) is 18.7. The summed E-state index contributed by atoms with van der Waals surface area (Å²) >= 11 is 1.68. The molecule has 2 heterocycles. The molecule has 0 radical (unpaired) electrons. The Morgan fingerprint density at radius 3 is 2.44 bits per heavy atom. The summed E-state index contributed by atoms with van der Waals surface area (Å²) in [5.41, 5.74) is 3.79. The van der Waals surface area contributed by atoms with Crippen LogP contribution < -0.4 is 10.6 Å². The Balaban J connectivity index is 1.35. The van der Waals surface area contributed by atoms with Gasteiger partial charge in [-0.25, -0.2) is 4.98 Å². The van der Waals surface area contributed by atoms with Crippen LogP contribution in [0, 0.1) is 5.92 Å². The predicted octanol–water partition coefficient (Wildman–Crippen LogP) is 5.47. The number of carbonyl (C=O) groups is 2. The molecule has 4 rings (SSSR count). The molecule has 0 fully saturated rings. The quantitative estimate of drug-likeness (QED) is 0.371. The fraction of sp³-hybridized carbons (Fsp3) is 0.160. The lowest BCUT2D eigenvalue weighted by Gasteiger charge is -2.10. The Morgan fingerprint density at radius 2 is 1.72 bits per heavy atom. The van der Waals surface area contributed by atoms with Crippen molar-refractivity contribution in [1.29, 1.82) is 0 Å². The van der Waals surface area contributed by atoms with Crippen LogP contribution in [0.5, 0.6) is 0 Å². The Morgan fingerprint density at radius 1 is 0.969 bits per heavy atom. The van der Waals surface area contributed by atoms with Crippen molar-refractivity contribution < 1.29 is 9.59 Å². The van der Waals surface area contributed by atoms with E-state index in [4.69, 9.17) is 0 Å². The Labute approximate surface area is 191 Å². The number of rotatable bonds is 7. The van der Waals surface area contributed by atoms with Crippen LogP contribution in [0.2, 0.25) is 0 Å². The minimum atomic E-state index is -0.200. The maximum absolute atomic E-state index is 12.6. The van der Waals surface area contributed by atoms with E-state index in [0.29, 0.717) is 16.9 Å². The number of imidazole rings is 1. The zero-order chi connectivity index (χ0) is 22.5. The van der Waals surface area contributed by atoms with Crippen LogP contribution in [0.3, 0.4) is 0 Å². The number of nitrogens with zero attached hydrogens (tertiary/aromatic N) is 2. The lowest BCUT2D eigenvalue weighted by atomic mass is 10.2. The first-order chi connectivity index (χ1) is 15.5. The van der Waals surface area contributed by atoms with E-state index < -0.39 is 0 Å². The van der Waals surface area contributed by atoms with Gasteiger partial charge in [-0.3, -0.25) is 9.59 Å². The minimum Gasteiger partial charge on any atom is -0.326 e. The van der Waals surface area contributed by atoms with E-state index in [-0.39, 0.29) is 17.7 Å². The summed E-state index contributed by atoms with van der Waals surface area (Å²) in [5.74, 6) is 0.374. The fourth-order valence-electron chi connectivity index (χ4n) is 3.08. The summed E-state index contributed by atoms with van der Waals surface area (Å²) in [4.78, 5) is 30.2. The standard InChI is InChI=1S/C25H24N4O2S/c1-17(2)24(30)27-19-6-5-7-20(14-19)28-25(31)18-9-11-22(12-10-18)32-16-21-15-29-13-4-3-8-23(29)26-21/h3-15,17H,16H2,1-2H3,(H,27,30)(H,28,31). The first-order valence-corrected chi connectivity index (χ1v) is 11.3. The van der Waals surface area contributed by atoms with Gasteiger partial charge in [0.15, 0.2) is 0 Å². The van der Waals surface area contributed by atoms with Crippen molar-refractivity contribution in [1.82, 2.24) is 9.38 Å². The van der Waals surface area contributed by atoms with Gasteiger partial charge in [-0.15, -0.1) is 11.8 Å². The minimum absolute atomic E-state index is 0.0646. The molecule has 2 amide bonds. The number of benzene rings is 2. The van der Waals surface area contributed by atoms with Gasteiger partial charge in [0.05, 0.1) is 5.69 Å². The van der Waals surface area contributed by atoms with E-state index in [9.17, 15) is 9.59 Å². The number of anilines is 2. The van der Waals surface area contributed by atoms with Crippen LogP contribution in [0.1, 0.15) is 29.9 Å². The average Bonchev–Trinajstić information content (AvgIpc) is 3.21. The van der Waals surface area contributed by atoms with Crippen LogP contribution in [-0.4, -0.2) is 21.2 Å². The van der Waals surface area contributed by atoms with Crippen LogP contribution in [-0.2, 0) is 10.5 Å². The van der Waals surface area contributed by atoms with Crippen LogP contribution >= 0.6 is 11.8 Å². The summed E-state index contributed by atoms with van der Waals surface area (Å²) in [5, 5.41) is 5.72. The van der Waals surface area contributed by atoms with Crippen LogP contribution in [0.4, 0.5) is 11.4 Å². The molecule has 4 aromatic rings. The number of thioether (sulfide) groups is 1. The number of pyridine rings is 1. The van der Waals surface area contributed by atoms with Crippen molar-refractivity contribution in [2.75, 3.05) is 10.6 Å². The zero-order valence-electron chi connectivity index (χ0n) is 17.9. The summed E-state index contributed by atoms with van der Waals surface area (Å²) < 4.78 is 2.01. The van der Waals surface area contributed by atoms with Gasteiger partial charge in [-0.1, -0.05) is 26.0 Å². The lowest BCUT2D eigenvalue weighted by Crippen LogP contribution is -2.18. The third-order valence-electron chi connectivity index (χ3n) is 4.83. The number of hydrogen-bond donors (Lipinski definition) is 2. The van der Waals surface area contributed by atoms with Gasteiger partial charge < -0.3 is 15.0 Å². The third-order valence-corrected chi connectivity index (χ3v) is 5.88. The highest BCUT2D eigenvalue weighted by atomic mass is 32.2. The number of carbonyl (C=O) groups excluding carboxylic acids is 2. The molecule has 6 nitrogen and oxygen atoms in total. The highest BCUT2D eigenvalue weighted by molar-refractivity contribution is 7.98. The van der Waals surface area contributed by atoms with E-state index in [1.807, 2.05) is 73.1 Å².